The predicted octanol–water partition coefficient (Wildman–Crippen LogP) is 2.34. The van der Waals surface area contributed by atoms with Gasteiger partial charge in [-0.1, -0.05) is 19.1 Å². The van der Waals surface area contributed by atoms with E-state index in [0.717, 1.165) is 5.56 Å². The van der Waals surface area contributed by atoms with Crippen LogP contribution >= 0.6 is 0 Å². The van der Waals surface area contributed by atoms with Crippen LogP contribution in [-0.2, 0) is 19.1 Å². The number of hydrogen-bond acceptors (Lipinski definition) is 5. The lowest BCUT2D eigenvalue weighted by molar-refractivity contribution is -0.153. The van der Waals surface area contributed by atoms with Crippen molar-refractivity contribution >= 4 is 17.7 Å². The van der Waals surface area contributed by atoms with E-state index in [0.29, 0.717) is 23.4 Å². The van der Waals surface area contributed by atoms with Gasteiger partial charge in [0.05, 0.1) is 13.7 Å². The molecule has 1 N–H and O–H groups in total. The van der Waals surface area contributed by atoms with Gasteiger partial charge in [-0.15, -0.1) is 0 Å². The number of methoxy groups -OCH3 is 1. The molecule has 26 heavy (non-hydrogen) atoms. The SMILES string of the molecule is CCOC(=O)C1C(=O)C2=C(CC1C)NC(=O)CC2c1ccc(OC)cc1. The molecule has 0 aromatic heterocycles. The number of ketones is 1. The van der Waals surface area contributed by atoms with Crippen LogP contribution in [0.1, 0.15) is 38.2 Å². The summed E-state index contributed by atoms with van der Waals surface area (Å²) in [6.07, 6.45) is 0.657. The largest absolute Gasteiger partial charge is 0.497 e. The highest BCUT2D eigenvalue weighted by molar-refractivity contribution is 6.11. The summed E-state index contributed by atoms with van der Waals surface area (Å²) in [6, 6.07) is 7.33. The molecule has 6 heteroatoms. The molecular formula is C20H23NO5. The van der Waals surface area contributed by atoms with Crippen LogP contribution in [0.2, 0.25) is 0 Å². The van der Waals surface area contributed by atoms with E-state index in [1.165, 1.54) is 0 Å². The maximum absolute atomic E-state index is 13.2. The molecule has 1 aromatic carbocycles. The van der Waals surface area contributed by atoms with Gasteiger partial charge in [-0.2, -0.15) is 0 Å². The lowest BCUT2D eigenvalue weighted by Crippen LogP contribution is -2.44. The molecule has 1 heterocycles. The Balaban J connectivity index is 2.00. The van der Waals surface area contributed by atoms with E-state index >= 15 is 0 Å². The zero-order valence-electron chi connectivity index (χ0n) is 15.2. The van der Waals surface area contributed by atoms with E-state index in [2.05, 4.69) is 5.32 Å². The van der Waals surface area contributed by atoms with Gasteiger partial charge in [0.25, 0.3) is 0 Å². The highest BCUT2D eigenvalue weighted by Gasteiger charge is 2.45. The number of carbonyl (C=O) groups excluding carboxylic acids is 3. The first-order valence-electron chi connectivity index (χ1n) is 8.84. The first kappa shape index (κ1) is 18.2. The van der Waals surface area contributed by atoms with Crippen molar-refractivity contribution in [3.8, 4) is 5.75 Å². The van der Waals surface area contributed by atoms with E-state index in [-0.39, 0.29) is 36.6 Å². The average molecular weight is 357 g/mol. The fraction of sp³-hybridized carbons (Fsp3) is 0.450. The first-order valence-corrected chi connectivity index (χ1v) is 8.84. The molecule has 0 bridgehead atoms. The van der Waals surface area contributed by atoms with Crippen molar-refractivity contribution in [1.29, 1.82) is 0 Å². The molecule has 1 aliphatic carbocycles. The minimum Gasteiger partial charge on any atom is -0.497 e. The van der Waals surface area contributed by atoms with E-state index in [1.54, 1.807) is 26.2 Å². The number of carbonyl (C=O) groups is 3. The zero-order chi connectivity index (χ0) is 18.8. The van der Waals surface area contributed by atoms with Crippen LogP contribution in [0.5, 0.6) is 5.75 Å². The van der Waals surface area contributed by atoms with Crippen molar-refractivity contribution in [2.45, 2.75) is 32.6 Å². The van der Waals surface area contributed by atoms with Gasteiger partial charge < -0.3 is 14.8 Å². The highest BCUT2D eigenvalue weighted by atomic mass is 16.5. The molecule has 0 spiro atoms. The monoisotopic (exact) mass is 357 g/mol. The second-order valence-corrected chi connectivity index (χ2v) is 6.75. The van der Waals surface area contributed by atoms with Crippen molar-refractivity contribution in [2.24, 2.45) is 11.8 Å². The number of ether oxygens (including phenoxy) is 2. The molecule has 0 radical (unpaired) electrons. The van der Waals surface area contributed by atoms with E-state index in [9.17, 15) is 14.4 Å². The third-order valence-electron chi connectivity index (χ3n) is 5.06. The maximum Gasteiger partial charge on any atom is 0.317 e. The fourth-order valence-electron chi connectivity index (χ4n) is 3.82. The molecule has 1 aromatic rings. The Labute approximate surface area is 152 Å². The summed E-state index contributed by atoms with van der Waals surface area (Å²) >= 11 is 0. The summed E-state index contributed by atoms with van der Waals surface area (Å²) in [5, 5.41) is 2.84. The average Bonchev–Trinajstić information content (AvgIpc) is 2.61. The molecule has 3 rings (SSSR count). The summed E-state index contributed by atoms with van der Waals surface area (Å²) in [5.74, 6) is -1.52. The van der Waals surface area contributed by atoms with Crippen LogP contribution in [0.4, 0.5) is 0 Å². The van der Waals surface area contributed by atoms with E-state index < -0.39 is 11.9 Å². The molecule has 2 aliphatic rings. The second kappa shape index (κ2) is 7.32. The number of rotatable bonds is 4. The van der Waals surface area contributed by atoms with Crippen molar-refractivity contribution < 1.29 is 23.9 Å². The quantitative estimate of drug-likeness (QED) is 0.661. The predicted molar refractivity (Wildman–Crippen MR) is 94.4 cm³/mol. The van der Waals surface area contributed by atoms with Crippen molar-refractivity contribution in [3.63, 3.8) is 0 Å². The molecule has 3 unspecified atom stereocenters. The minimum absolute atomic E-state index is 0.112. The number of nitrogens with one attached hydrogen (secondary N) is 1. The summed E-state index contributed by atoms with van der Waals surface area (Å²) < 4.78 is 10.3. The molecule has 1 amide bonds. The van der Waals surface area contributed by atoms with Gasteiger partial charge in [0.1, 0.15) is 11.7 Å². The number of hydrogen-bond donors (Lipinski definition) is 1. The van der Waals surface area contributed by atoms with Gasteiger partial charge in [0.2, 0.25) is 5.91 Å². The lowest BCUT2D eigenvalue weighted by Gasteiger charge is -2.36. The summed E-state index contributed by atoms with van der Waals surface area (Å²) in [6.45, 7) is 3.80. The van der Waals surface area contributed by atoms with Gasteiger partial charge in [0, 0.05) is 23.6 Å². The van der Waals surface area contributed by atoms with Crippen LogP contribution in [0.15, 0.2) is 35.5 Å². The molecule has 138 valence electrons. The van der Waals surface area contributed by atoms with Gasteiger partial charge in [0.15, 0.2) is 5.78 Å². The molecule has 3 atom stereocenters. The lowest BCUT2D eigenvalue weighted by atomic mass is 9.70. The number of esters is 1. The Bertz CT molecular complexity index is 765. The maximum atomic E-state index is 13.2. The Morgan fingerprint density at radius 1 is 1.19 bits per heavy atom. The van der Waals surface area contributed by atoms with E-state index in [1.807, 2.05) is 19.1 Å². The minimum atomic E-state index is -0.815. The van der Waals surface area contributed by atoms with Crippen LogP contribution in [-0.4, -0.2) is 31.4 Å². The molecular weight excluding hydrogens is 334 g/mol. The van der Waals surface area contributed by atoms with Gasteiger partial charge in [-0.3, -0.25) is 14.4 Å². The number of allylic oxidation sites excluding steroid dienone is 2. The van der Waals surface area contributed by atoms with Crippen molar-refractivity contribution in [1.82, 2.24) is 5.32 Å². The second-order valence-electron chi connectivity index (χ2n) is 6.75. The zero-order valence-corrected chi connectivity index (χ0v) is 15.2. The normalized spacial score (nSPS) is 25.4. The van der Waals surface area contributed by atoms with Crippen LogP contribution in [0.3, 0.4) is 0 Å². The van der Waals surface area contributed by atoms with Gasteiger partial charge >= 0.3 is 5.97 Å². The molecule has 1 aliphatic heterocycles. The van der Waals surface area contributed by atoms with Crippen LogP contribution < -0.4 is 10.1 Å². The van der Waals surface area contributed by atoms with Crippen LogP contribution in [0, 0.1) is 11.8 Å². The topological polar surface area (TPSA) is 81.7 Å². The Kier molecular flexibility index (Phi) is 5.11. The number of amides is 1. The smallest absolute Gasteiger partial charge is 0.317 e. The summed E-state index contributed by atoms with van der Waals surface area (Å²) in [4.78, 5) is 37.7. The van der Waals surface area contributed by atoms with Gasteiger partial charge in [-0.25, -0.2) is 0 Å². The molecule has 0 fully saturated rings. The Morgan fingerprint density at radius 3 is 2.50 bits per heavy atom. The third-order valence-corrected chi connectivity index (χ3v) is 5.06. The Morgan fingerprint density at radius 2 is 1.88 bits per heavy atom. The third kappa shape index (κ3) is 3.23. The Hall–Kier alpha value is -2.63. The molecule has 0 saturated carbocycles. The molecule has 0 saturated heterocycles. The number of benzene rings is 1. The number of Topliss-reactive ketones (excluding diaryl/α,β-unsaturated/α-hetero) is 1. The molecule has 6 nitrogen and oxygen atoms in total. The first-order chi connectivity index (χ1) is 12.5. The summed E-state index contributed by atoms with van der Waals surface area (Å²) in [5.41, 5.74) is 2.03. The van der Waals surface area contributed by atoms with Crippen molar-refractivity contribution in [2.75, 3.05) is 13.7 Å². The van der Waals surface area contributed by atoms with E-state index in [4.69, 9.17) is 9.47 Å². The fourth-order valence-corrected chi connectivity index (χ4v) is 3.82. The van der Waals surface area contributed by atoms with Crippen LogP contribution in [0.25, 0.3) is 0 Å². The van der Waals surface area contributed by atoms with Crippen molar-refractivity contribution in [3.05, 3.63) is 41.1 Å². The summed E-state index contributed by atoms with van der Waals surface area (Å²) in [7, 11) is 1.58. The standard InChI is InChI=1S/C20H23NO5/c1-4-26-20(24)17-11(2)9-15-18(19(17)23)14(10-16(22)21-15)12-5-7-13(25-3)8-6-12/h5-8,11,14,17H,4,9-10H2,1-3H3,(H,21,22). The highest BCUT2D eigenvalue weighted by Crippen LogP contribution is 2.42. The van der Waals surface area contributed by atoms with Gasteiger partial charge in [-0.05, 0) is 37.0 Å².